The third-order valence-corrected chi connectivity index (χ3v) is 1.90. The molecule has 0 aromatic carbocycles. The Morgan fingerprint density at radius 2 is 2.54 bits per heavy atom. The number of carbonyl (C=O) groups excluding carboxylic acids is 1. The van der Waals surface area contributed by atoms with Crippen LogP contribution in [0.5, 0.6) is 0 Å². The van der Waals surface area contributed by atoms with E-state index < -0.39 is 0 Å². The first-order valence-electron chi connectivity index (χ1n) is 4.40. The number of ether oxygens (including phenoxy) is 1. The standard InChI is InChI=1S/C10H15NO2/c1-3-4-7-13-10(12)9-5-6-11(2)8-9/h3-5H,6-8H2,1-2H3. The van der Waals surface area contributed by atoms with E-state index in [0.29, 0.717) is 13.2 Å². The van der Waals surface area contributed by atoms with E-state index in [1.165, 1.54) is 0 Å². The maximum absolute atomic E-state index is 11.3. The highest BCUT2D eigenvalue weighted by atomic mass is 16.5. The lowest BCUT2D eigenvalue weighted by Crippen LogP contribution is -2.17. The second-order valence-corrected chi connectivity index (χ2v) is 3.09. The van der Waals surface area contributed by atoms with Gasteiger partial charge in [0.25, 0.3) is 0 Å². The van der Waals surface area contributed by atoms with E-state index in [0.717, 1.165) is 12.1 Å². The first-order valence-corrected chi connectivity index (χ1v) is 4.40. The smallest absolute Gasteiger partial charge is 0.335 e. The van der Waals surface area contributed by atoms with Gasteiger partial charge in [-0.2, -0.15) is 0 Å². The number of likely N-dealkylation sites (N-methyl/N-ethyl adjacent to an activating group) is 1. The maximum Gasteiger partial charge on any atom is 0.335 e. The molecule has 1 aliphatic heterocycles. The first-order chi connectivity index (χ1) is 6.24. The highest BCUT2D eigenvalue weighted by molar-refractivity contribution is 5.89. The van der Waals surface area contributed by atoms with Gasteiger partial charge in [-0.1, -0.05) is 18.2 Å². The molecule has 0 amide bonds. The lowest BCUT2D eigenvalue weighted by molar-refractivity contribution is -0.137. The molecule has 0 spiro atoms. The summed E-state index contributed by atoms with van der Waals surface area (Å²) in [4.78, 5) is 13.4. The van der Waals surface area contributed by atoms with Crippen LogP contribution < -0.4 is 0 Å². The van der Waals surface area contributed by atoms with E-state index >= 15 is 0 Å². The number of hydrogen-bond acceptors (Lipinski definition) is 3. The van der Waals surface area contributed by atoms with Crippen molar-refractivity contribution in [3.8, 4) is 0 Å². The molecule has 1 aliphatic rings. The molecule has 0 aromatic heterocycles. The fourth-order valence-corrected chi connectivity index (χ4v) is 1.15. The van der Waals surface area contributed by atoms with Crippen LogP contribution in [0.2, 0.25) is 0 Å². The summed E-state index contributed by atoms with van der Waals surface area (Å²) in [6.45, 7) is 3.82. The molecule has 0 N–H and O–H groups in total. The van der Waals surface area contributed by atoms with Crippen molar-refractivity contribution >= 4 is 5.97 Å². The van der Waals surface area contributed by atoms with Gasteiger partial charge in [-0.3, -0.25) is 4.90 Å². The van der Waals surface area contributed by atoms with Crippen LogP contribution >= 0.6 is 0 Å². The van der Waals surface area contributed by atoms with Crippen LogP contribution in [0.4, 0.5) is 0 Å². The summed E-state index contributed by atoms with van der Waals surface area (Å²) >= 11 is 0. The number of carbonyl (C=O) groups is 1. The highest BCUT2D eigenvalue weighted by Crippen LogP contribution is 2.08. The Morgan fingerprint density at radius 3 is 3.08 bits per heavy atom. The number of hydrogen-bond donors (Lipinski definition) is 0. The van der Waals surface area contributed by atoms with Crippen LogP contribution in [0.1, 0.15) is 6.92 Å². The minimum absolute atomic E-state index is 0.192. The molecule has 1 rings (SSSR count). The van der Waals surface area contributed by atoms with Gasteiger partial charge in [-0.25, -0.2) is 4.79 Å². The number of rotatable bonds is 3. The molecule has 0 atom stereocenters. The topological polar surface area (TPSA) is 29.5 Å². The Kier molecular flexibility index (Phi) is 3.71. The fraction of sp³-hybridized carbons (Fsp3) is 0.500. The molecule has 0 fully saturated rings. The van der Waals surface area contributed by atoms with Crippen molar-refractivity contribution in [2.75, 3.05) is 26.7 Å². The Hall–Kier alpha value is -1.09. The Balaban J connectivity index is 2.32. The number of esters is 1. The van der Waals surface area contributed by atoms with Crippen molar-refractivity contribution in [3.05, 3.63) is 23.8 Å². The third kappa shape index (κ3) is 3.03. The molecule has 0 aromatic rings. The molecule has 0 bridgehead atoms. The zero-order valence-corrected chi connectivity index (χ0v) is 8.12. The quantitative estimate of drug-likeness (QED) is 0.480. The molecule has 3 nitrogen and oxygen atoms in total. The fourth-order valence-electron chi connectivity index (χ4n) is 1.15. The molecule has 13 heavy (non-hydrogen) atoms. The summed E-state index contributed by atoms with van der Waals surface area (Å²) in [7, 11) is 1.97. The van der Waals surface area contributed by atoms with Gasteiger partial charge in [-0.05, 0) is 14.0 Å². The zero-order valence-electron chi connectivity index (χ0n) is 8.12. The average Bonchev–Trinajstić information content (AvgIpc) is 2.52. The van der Waals surface area contributed by atoms with Crippen LogP contribution in [-0.2, 0) is 9.53 Å². The van der Waals surface area contributed by atoms with Gasteiger partial charge in [0.15, 0.2) is 0 Å². The minimum Gasteiger partial charge on any atom is -0.458 e. The summed E-state index contributed by atoms with van der Waals surface area (Å²) in [6.07, 6.45) is 5.59. The van der Waals surface area contributed by atoms with E-state index in [1.807, 2.05) is 32.2 Å². The van der Waals surface area contributed by atoms with Gasteiger partial charge in [0, 0.05) is 18.7 Å². The summed E-state index contributed by atoms with van der Waals surface area (Å²) in [5.74, 6) is -0.192. The van der Waals surface area contributed by atoms with Gasteiger partial charge in [0.1, 0.15) is 6.61 Å². The lowest BCUT2D eigenvalue weighted by atomic mass is 10.3. The summed E-state index contributed by atoms with van der Waals surface area (Å²) in [5.41, 5.74) is 0.770. The van der Waals surface area contributed by atoms with Gasteiger partial charge in [0.2, 0.25) is 0 Å². The molecule has 0 radical (unpaired) electrons. The SMILES string of the molecule is CC=CCOC(=O)C1=CCN(C)C1. The molecule has 0 aliphatic carbocycles. The summed E-state index contributed by atoms with van der Waals surface area (Å²) < 4.78 is 4.99. The molecule has 3 heteroatoms. The van der Waals surface area contributed by atoms with E-state index in [-0.39, 0.29) is 5.97 Å². The van der Waals surface area contributed by atoms with Crippen molar-refractivity contribution in [2.45, 2.75) is 6.92 Å². The molecule has 0 unspecified atom stereocenters. The Labute approximate surface area is 78.7 Å². The van der Waals surface area contributed by atoms with E-state index in [1.54, 1.807) is 0 Å². The van der Waals surface area contributed by atoms with Crippen molar-refractivity contribution in [1.82, 2.24) is 4.90 Å². The van der Waals surface area contributed by atoms with Gasteiger partial charge in [-0.15, -0.1) is 0 Å². The van der Waals surface area contributed by atoms with Gasteiger partial charge >= 0.3 is 5.97 Å². The molecule has 1 heterocycles. The van der Waals surface area contributed by atoms with Gasteiger partial charge in [0.05, 0.1) is 0 Å². The number of nitrogens with zero attached hydrogens (tertiary/aromatic N) is 1. The van der Waals surface area contributed by atoms with Crippen molar-refractivity contribution in [2.24, 2.45) is 0 Å². The van der Waals surface area contributed by atoms with Crippen LogP contribution in [0.15, 0.2) is 23.8 Å². The maximum atomic E-state index is 11.3. The molecular weight excluding hydrogens is 166 g/mol. The molecule has 72 valence electrons. The zero-order chi connectivity index (χ0) is 9.68. The second kappa shape index (κ2) is 4.82. The minimum atomic E-state index is -0.192. The van der Waals surface area contributed by atoms with Crippen molar-refractivity contribution < 1.29 is 9.53 Å². The molecule has 0 saturated carbocycles. The molecule has 0 saturated heterocycles. The van der Waals surface area contributed by atoms with Crippen LogP contribution in [0, 0.1) is 0 Å². The van der Waals surface area contributed by atoms with Crippen LogP contribution in [0.3, 0.4) is 0 Å². The van der Waals surface area contributed by atoms with Gasteiger partial charge < -0.3 is 4.74 Å². The summed E-state index contributed by atoms with van der Waals surface area (Å²) in [5, 5.41) is 0. The molecular formula is C10H15NO2. The third-order valence-electron chi connectivity index (χ3n) is 1.90. The predicted octanol–water partition coefficient (Wildman–Crippen LogP) is 0.977. The van der Waals surface area contributed by atoms with Crippen molar-refractivity contribution in [3.63, 3.8) is 0 Å². The predicted molar refractivity (Wildman–Crippen MR) is 51.4 cm³/mol. The Morgan fingerprint density at radius 1 is 1.77 bits per heavy atom. The average molecular weight is 181 g/mol. The first kappa shape index (κ1) is 9.99. The van der Waals surface area contributed by atoms with Crippen LogP contribution in [-0.4, -0.2) is 37.6 Å². The van der Waals surface area contributed by atoms with E-state index in [9.17, 15) is 4.79 Å². The van der Waals surface area contributed by atoms with E-state index in [2.05, 4.69) is 4.90 Å². The Bertz CT molecular complexity index is 243. The summed E-state index contributed by atoms with van der Waals surface area (Å²) in [6, 6.07) is 0. The van der Waals surface area contributed by atoms with Crippen LogP contribution in [0.25, 0.3) is 0 Å². The monoisotopic (exact) mass is 181 g/mol. The lowest BCUT2D eigenvalue weighted by Gasteiger charge is -2.06. The van der Waals surface area contributed by atoms with Crippen molar-refractivity contribution in [1.29, 1.82) is 0 Å². The number of allylic oxidation sites excluding steroid dienone is 1. The normalized spacial score (nSPS) is 17.8. The largest absolute Gasteiger partial charge is 0.458 e. The van der Waals surface area contributed by atoms with E-state index in [4.69, 9.17) is 4.74 Å². The highest BCUT2D eigenvalue weighted by Gasteiger charge is 2.17. The second-order valence-electron chi connectivity index (χ2n) is 3.09.